The lowest BCUT2D eigenvalue weighted by molar-refractivity contribution is 0.225. The van der Waals surface area contributed by atoms with Gasteiger partial charge >= 0.3 is 6.03 Å². The number of nitrogens with zero attached hydrogens (tertiary/aromatic N) is 2. The van der Waals surface area contributed by atoms with Crippen molar-refractivity contribution in [3.63, 3.8) is 0 Å². The highest BCUT2D eigenvalue weighted by atomic mass is 16.5. The quantitative estimate of drug-likeness (QED) is 0.856. The molecule has 0 N–H and O–H groups in total. The first-order valence-corrected chi connectivity index (χ1v) is 7.55. The molecule has 2 amide bonds. The van der Waals surface area contributed by atoms with Gasteiger partial charge in [-0.2, -0.15) is 0 Å². The molecular formula is C19H20N2O2. The average Bonchev–Trinajstić information content (AvgIpc) is 2.85. The SMILES string of the molecule is C=C1CN(c2ccc(OC)cc2)C(=O)N1Cc1ccc(C)cc1. The molecule has 2 aromatic carbocycles. The Kier molecular flexibility index (Phi) is 4.06. The Labute approximate surface area is 136 Å². The van der Waals surface area contributed by atoms with Crippen molar-refractivity contribution in [3.8, 4) is 5.75 Å². The number of urea groups is 1. The van der Waals surface area contributed by atoms with Crippen LogP contribution in [0, 0.1) is 6.92 Å². The van der Waals surface area contributed by atoms with Crippen LogP contribution in [-0.2, 0) is 6.54 Å². The van der Waals surface area contributed by atoms with Crippen molar-refractivity contribution in [2.24, 2.45) is 0 Å². The Morgan fingerprint density at radius 2 is 1.74 bits per heavy atom. The maximum Gasteiger partial charge on any atom is 0.329 e. The monoisotopic (exact) mass is 308 g/mol. The van der Waals surface area contributed by atoms with Gasteiger partial charge in [0.15, 0.2) is 0 Å². The Balaban J connectivity index is 1.77. The van der Waals surface area contributed by atoms with Crippen molar-refractivity contribution in [2.45, 2.75) is 13.5 Å². The van der Waals surface area contributed by atoms with Gasteiger partial charge in [-0.1, -0.05) is 36.4 Å². The Hall–Kier alpha value is -2.75. The first-order valence-electron chi connectivity index (χ1n) is 7.55. The second-order valence-electron chi connectivity index (χ2n) is 5.70. The second kappa shape index (κ2) is 6.16. The third-order valence-electron chi connectivity index (χ3n) is 4.03. The minimum Gasteiger partial charge on any atom is -0.497 e. The Morgan fingerprint density at radius 3 is 2.35 bits per heavy atom. The summed E-state index contributed by atoms with van der Waals surface area (Å²) in [6.45, 7) is 7.16. The number of benzene rings is 2. The molecule has 0 saturated carbocycles. The first-order chi connectivity index (χ1) is 11.1. The Bertz CT molecular complexity index is 720. The average molecular weight is 308 g/mol. The molecule has 0 aliphatic carbocycles. The first kappa shape index (κ1) is 15.2. The maximum atomic E-state index is 12.7. The molecule has 23 heavy (non-hydrogen) atoms. The number of aryl methyl sites for hydroxylation is 1. The number of amides is 2. The van der Waals surface area contributed by atoms with Gasteiger partial charge in [0.25, 0.3) is 0 Å². The van der Waals surface area contributed by atoms with Gasteiger partial charge in [-0.05, 0) is 36.8 Å². The largest absolute Gasteiger partial charge is 0.497 e. The summed E-state index contributed by atoms with van der Waals surface area (Å²) in [5.41, 5.74) is 3.97. The summed E-state index contributed by atoms with van der Waals surface area (Å²) in [7, 11) is 1.63. The number of carbonyl (C=O) groups is 1. The third kappa shape index (κ3) is 3.06. The van der Waals surface area contributed by atoms with E-state index in [1.807, 2.05) is 36.4 Å². The lowest BCUT2D eigenvalue weighted by Crippen LogP contribution is -2.31. The summed E-state index contributed by atoms with van der Waals surface area (Å²) in [5.74, 6) is 0.774. The van der Waals surface area contributed by atoms with Crippen molar-refractivity contribution in [2.75, 3.05) is 18.6 Å². The van der Waals surface area contributed by atoms with E-state index < -0.39 is 0 Å². The minimum absolute atomic E-state index is 0.0410. The molecule has 1 aliphatic heterocycles. The summed E-state index contributed by atoms with van der Waals surface area (Å²) in [4.78, 5) is 16.2. The van der Waals surface area contributed by atoms with Crippen LogP contribution in [0.15, 0.2) is 60.8 Å². The van der Waals surface area contributed by atoms with E-state index in [4.69, 9.17) is 4.74 Å². The van der Waals surface area contributed by atoms with Crippen LogP contribution in [0.4, 0.5) is 10.5 Å². The van der Waals surface area contributed by atoms with E-state index in [1.165, 1.54) is 5.56 Å². The van der Waals surface area contributed by atoms with Gasteiger partial charge in [-0.3, -0.25) is 9.80 Å². The number of hydrogen-bond donors (Lipinski definition) is 0. The zero-order chi connectivity index (χ0) is 16.4. The second-order valence-corrected chi connectivity index (χ2v) is 5.70. The molecule has 118 valence electrons. The zero-order valence-corrected chi connectivity index (χ0v) is 13.5. The fraction of sp³-hybridized carbons (Fsp3) is 0.211. The molecule has 0 atom stereocenters. The standard InChI is InChI=1S/C19H20N2O2/c1-14-4-6-16(7-5-14)13-20-15(2)12-21(19(20)22)17-8-10-18(23-3)11-9-17/h4-11H,2,12-13H2,1,3H3. The van der Waals surface area contributed by atoms with Crippen LogP contribution in [0.3, 0.4) is 0 Å². The highest BCUT2D eigenvalue weighted by Gasteiger charge is 2.32. The van der Waals surface area contributed by atoms with Crippen LogP contribution in [-0.4, -0.2) is 24.6 Å². The molecule has 1 aliphatic rings. The van der Waals surface area contributed by atoms with Crippen molar-refractivity contribution in [3.05, 3.63) is 71.9 Å². The Morgan fingerprint density at radius 1 is 1.09 bits per heavy atom. The molecule has 0 radical (unpaired) electrons. The van der Waals surface area contributed by atoms with Gasteiger partial charge in [0.1, 0.15) is 5.75 Å². The van der Waals surface area contributed by atoms with Crippen molar-refractivity contribution >= 4 is 11.7 Å². The summed E-state index contributed by atoms with van der Waals surface area (Å²) < 4.78 is 5.16. The van der Waals surface area contributed by atoms with Crippen LogP contribution in [0.1, 0.15) is 11.1 Å². The van der Waals surface area contributed by atoms with Crippen LogP contribution in [0.2, 0.25) is 0 Å². The normalized spacial score (nSPS) is 14.5. The topological polar surface area (TPSA) is 32.8 Å². The van der Waals surface area contributed by atoms with Gasteiger partial charge in [-0.25, -0.2) is 4.79 Å². The van der Waals surface area contributed by atoms with E-state index in [0.717, 1.165) is 22.7 Å². The van der Waals surface area contributed by atoms with E-state index in [0.29, 0.717) is 13.1 Å². The predicted octanol–water partition coefficient (Wildman–Crippen LogP) is 3.96. The number of anilines is 1. The van der Waals surface area contributed by atoms with Crippen LogP contribution in [0.5, 0.6) is 5.75 Å². The summed E-state index contributed by atoms with van der Waals surface area (Å²) >= 11 is 0. The van der Waals surface area contributed by atoms with Crippen molar-refractivity contribution in [1.29, 1.82) is 0 Å². The third-order valence-corrected chi connectivity index (χ3v) is 4.03. The van der Waals surface area contributed by atoms with E-state index in [1.54, 1.807) is 16.9 Å². The molecule has 2 aromatic rings. The number of rotatable bonds is 4. The van der Waals surface area contributed by atoms with Crippen LogP contribution >= 0.6 is 0 Å². The smallest absolute Gasteiger partial charge is 0.329 e. The lowest BCUT2D eigenvalue weighted by atomic mass is 10.1. The maximum absolute atomic E-state index is 12.7. The van der Waals surface area contributed by atoms with Crippen LogP contribution < -0.4 is 9.64 Å². The number of carbonyl (C=O) groups excluding carboxylic acids is 1. The molecule has 0 unspecified atom stereocenters. The molecule has 0 spiro atoms. The molecule has 3 rings (SSSR count). The van der Waals surface area contributed by atoms with Gasteiger partial charge in [0, 0.05) is 11.4 Å². The van der Waals surface area contributed by atoms with Gasteiger partial charge in [0.2, 0.25) is 0 Å². The number of methoxy groups -OCH3 is 1. The molecule has 1 heterocycles. The molecule has 4 nitrogen and oxygen atoms in total. The summed E-state index contributed by atoms with van der Waals surface area (Å²) in [6, 6.07) is 15.7. The molecule has 1 fully saturated rings. The molecule has 0 bridgehead atoms. The van der Waals surface area contributed by atoms with Gasteiger partial charge < -0.3 is 4.74 Å². The van der Waals surface area contributed by atoms with E-state index >= 15 is 0 Å². The molecular weight excluding hydrogens is 288 g/mol. The predicted molar refractivity (Wildman–Crippen MR) is 91.6 cm³/mol. The van der Waals surface area contributed by atoms with E-state index in [-0.39, 0.29) is 6.03 Å². The molecule has 1 saturated heterocycles. The highest BCUT2D eigenvalue weighted by Crippen LogP contribution is 2.28. The zero-order valence-electron chi connectivity index (χ0n) is 13.5. The number of hydrogen-bond acceptors (Lipinski definition) is 2. The van der Waals surface area contributed by atoms with E-state index in [9.17, 15) is 4.79 Å². The lowest BCUT2D eigenvalue weighted by Gasteiger charge is -2.19. The molecule has 0 aromatic heterocycles. The van der Waals surface area contributed by atoms with Crippen LogP contribution in [0.25, 0.3) is 0 Å². The van der Waals surface area contributed by atoms with E-state index in [2.05, 4.69) is 25.6 Å². The van der Waals surface area contributed by atoms with Gasteiger partial charge in [-0.15, -0.1) is 0 Å². The summed E-state index contributed by atoms with van der Waals surface area (Å²) in [5, 5.41) is 0. The van der Waals surface area contributed by atoms with Crippen molar-refractivity contribution < 1.29 is 9.53 Å². The summed E-state index contributed by atoms with van der Waals surface area (Å²) in [6.07, 6.45) is 0. The van der Waals surface area contributed by atoms with Crippen molar-refractivity contribution in [1.82, 2.24) is 4.90 Å². The van der Waals surface area contributed by atoms with Gasteiger partial charge in [0.05, 0.1) is 20.2 Å². The molecule has 4 heteroatoms. The fourth-order valence-electron chi connectivity index (χ4n) is 2.64. The number of ether oxygens (including phenoxy) is 1. The fourth-order valence-corrected chi connectivity index (χ4v) is 2.64. The highest BCUT2D eigenvalue weighted by molar-refractivity contribution is 5.96. The minimum atomic E-state index is -0.0410.